The number of thioether (sulfide) groups is 1. The van der Waals surface area contributed by atoms with Crippen LogP contribution in [-0.4, -0.2) is 39.7 Å². The third-order valence-corrected chi connectivity index (χ3v) is 9.27. The summed E-state index contributed by atoms with van der Waals surface area (Å²) in [6, 6.07) is 17.6. The monoisotopic (exact) mass is 617 g/mol. The summed E-state index contributed by atoms with van der Waals surface area (Å²) in [4.78, 5) is 28.5. The van der Waals surface area contributed by atoms with E-state index in [1.54, 1.807) is 48.5 Å². The first kappa shape index (κ1) is 28.9. The standard InChI is InChI=1S/C32H28FN3O5S2/c1-3-13-40-24-6-4-5-20(16-24)27-26(28(37)21-9-12-25-22(15-21)14-18(2)41-25)29(38)30(39)36(27)31-34-35-32(43-31)42-17-19-7-10-23(33)11-8-19/h4-12,15-16,18,27,37H,3,13-14,17H2,1-2H3/b28-26+/t18-,27+/m0/s1. The molecule has 11 heteroatoms. The van der Waals surface area contributed by atoms with Crippen molar-refractivity contribution in [1.82, 2.24) is 10.2 Å². The summed E-state index contributed by atoms with van der Waals surface area (Å²) in [6.45, 7) is 4.47. The third-order valence-electron chi connectivity index (χ3n) is 7.14. The fraction of sp³-hybridized carbons (Fsp3) is 0.250. The van der Waals surface area contributed by atoms with E-state index in [0.717, 1.165) is 23.3 Å². The highest BCUT2D eigenvalue weighted by atomic mass is 32.2. The van der Waals surface area contributed by atoms with Crippen molar-refractivity contribution < 1.29 is 28.6 Å². The Hall–Kier alpha value is -4.22. The van der Waals surface area contributed by atoms with Crippen molar-refractivity contribution >= 4 is 45.7 Å². The number of amides is 1. The van der Waals surface area contributed by atoms with E-state index in [-0.39, 0.29) is 28.4 Å². The van der Waals surface area contributed by atoms with Crippen molar-refractivity contribution in [1.29, 1.82) is 0 Å². The van der Waals surface area contributed by atoms with Gasteiger partial charge in [0.1, 0.15) is 29.2 Å². The van der Waals surface area contributed by atoms with E-state index in [1.807, 2.05) is 19.9 Å². The van der Waals surface area contributed by atoms with Crippen LogP contribution in [0.15, 0.2) is 76.6 Å². The molecule has 4 aromatic rings. The lowest BCUT2D eigenvalue weighted by atomic mass is 9.94. The van der Waals surface area contributed by atoms with Crippen LogP contribution in [0.25, 0.3) is 5.76 Å². The van der Waals surface area contributed by atoms with Crippen LogP contribution in [0.5, 0.6) is 11.5 Å². The molecule has 0 unspecified atom stereocenters. The number of aliphatic hydroxyl groups excluding tert-OH is 1. The first-order valence-corrected chi connectivity index (χ1v) is 15.7. The van der Waals surface area contributed by atoms with Gasteiger partial charge < -0.3 is 14.6 Å². The SMILES string of the molecule is CCCOc1cccc([C@@H]2/C(=C(\O)c3ccc4c(c3)C[C@H](C)O4)C(=O)C(=O)N2c2nnc(SCc3ccc(F)cc3)s2)c1. The van der Waals surface area contributed by atoms with Gasteiger partial charge in [-0.25, -0.2) is 4.39 Å². The molecule has 220 valence electrons. The second-order valence-electron chi connectivity index (χ2n) is 10.3. The lowest BCUT2D eigenvalue weighted by molar-refractivity contribution is -0.132. The predicted octanol–water partition coefficient (Wildman–Crippen LogP) is 6.71. The van der Waals surface area contributed by atoms with Crippen molar-refractivity contribution in [3.8, 4) is 11.5 Å². The fourth-order valence-electron chi connectivity index (χ4n) is 5.15. The number of hydrogen-bond acceptors (Lipinski definition) is 9. The topological polar surface area (TPSA) is 102 Å². The highest BCUT2D eigenvalue weighted by Gasteiger charge is 2.48. The number of ether oxygens (including phenoxy) is 2. The molecule has 1 saturated heterocycles. The Morgan fingerprint density at radius 1 is 1.14 bits per heavy atom. The molecule has 0 radical (unpaired) electrons. The summed E-state index contributed by atoms with van der Waals surface area (Å²) in [5, 5.41) is 20.3. The molecule has 1 amide bonds. The van der Waals surface area contributed by atoms with Crippen molar-refractivity contribution in [2.75, 3.05) is 11.5 Å². The molecule has 1 N–H and O–H groups in total. The van der Waals surface area contributed by atoms with Crippen molar-refractivity contribution in [3.63, 3.8) is 0 Å². The predicted molar refractivity (Wildman–Crippen MR) is 163 cm³/mol. The Kier molecular flexibility index (Phi) is 8.18. The highest BCUT2D eigenvalue weighted by Crippen LogP contribution is 2.45. The van der Waals surface area contributed by atoms with E-state index in [1.165, 1.54) is 40.1 Å². The van der Waals surface area contributed by atoms with Gasteiger partial charge in [-0.05, 0) is 72.5 Å². The molecule has 3 aromatic carbocycles. The molecule has 6 rings (SSSR count). The van der Waals surface area contributed by atoms with Crippen LogP contribution in [0.4, 0.5) is 9.52 Å². The molecule has 0 bridgehead atoms. The lowest BCUT2D eigenvalue weighted by Gasteiger charge is -2.23. The summed E-state index contributed by atoms with van der Waals surface area (Å²) in [6.07, 6.45) is 1.50. The van der Waals surface area contributed by atoms with Gasteiger partial charge in [0.25, 0.3) is 5.78 Å². The van der Waals surface area contributed by atoms with E-state index in [2.05, 4.69) is 10.2 Å². The average molecular weight is 618 g/mol. The number of halogens is 1. The molecular weight excluding hydrogens is 590 g/mol. The maximum atomic E-state index is 13.6. The number of ketones is 1. The maximum Gasteiger partial charge on any atom is 0.301 e. The van der Waals surface area contributed by atoms with Gasteiger partial charge in [0, 0.05) is 17.7 Å². The van der Waals surface area contributed by atoms with Crippen LogP contribution in [0, 0.1) is 5.82 Å². The Morgan fingerprint density at radius 2 is 1.95 bits per heavy atom. The zero-order valence-electron chi connectivity index (χ0n) is 23.5. The van der Waals surface area contributed by atoms with Crippen LogP contribution < -0.4 is 14.4 Å². The molecule has 0 aliphatic carbocycles. The zero-order valence-corrected chi connectivity index (χ0v) is 25.1. The Labute approximate surface area is 256 Å². The summed E-state index contributed by atoms with van der Waals surface area (Å²) < 4.78 is 25.5. The van der Waals surface area contributed by atoms with E-state index in [0.29, 0.717) is 40.0 Å². The van der Waals surface area contributed by atoms with Gasteiger partial charge in [0.15, 0.2) is 4.34 Å². The molecule has 3 heterocycles. The highest BCUT2D eigenvalue weighted by molar-refractivity contribution is 8.00. The molecule has 0 saturated carbocycles. The van der Waals surface area contributed by atoms with Crippen LogP contribution in [0.2, 0.25) is 0 Å². The Morgan fingerprint density at radius 3 is 2.74 bits per heavy atom. The molecular formula is C32H28FN3O5S2. The maximum absolute atomic E-state index is 13.6. The van der Waals surface area contributed by atoms with Crippen LogP contribution >= 0.6 is 23.1 Å². The zero-order chi connectivity index (χ0) is 30.1. The van der Waals surface area contributed by atoms with Gasteiger partial charge in [-0.3, -0.25) is 14.5 Å². The molecule has 1 aromatic heterocycles. The normalized spacial score (nSPS) is 19.0. The lowest BCUT2D eigenvalue weighted by Crippen LogP contribution is -2.29. The van der Waals surface area contributed by atoms with E-state index >= 15 is 0 Å². The summed E-state index contributed by atoms with van der Waals surface area (Å²) in [5.74, 6) is -0.367. The van der Waals surface area contributed by atoms with Gasteiger partial charge in [-0.2, -0.15) is 0 Å². The molecule has 1 fully saturated rings. The minimum Gasteiger partial charge on any atom is -0.507 e. The number of nitrogens with zero attached hydrogens (tertiary/aromatic N) is 3. The number of rotatable bonds is 9. The van der Waals surface area contributed by atoms with Gasteiger partial charge >= 0.3 is 5.91 Å². The van der Waals surface area contributed by atoms with Gasteiger partial charge in [0.2, 0.25) is 5.13 Å². The van der Waals surface area contributed by atoms with E-state index in [9.17, 15) is 19.1 Å². The number of carbonyl (C=O) groups is 2. The first-order valence-electron chi connectivity index (χ1n) is 13.9. The summed E-state index contributed by atoms with van der Waals surface area (Å²) in [7, 11) is 0. The quantitative estimate of drug-likeness (QED) is 0.0727. The molecule has 0 spiro atoms. The van der Waals surface area contributed by atoms with Gasteiger partial charge in [-0.15, -0.1) is 10.2 Å². The number of anilines is 1. The number of aromatic nitrogens is 2. The average Bonchev–Trinajstić information content (AvgIpc) is 3.70. The number of carbonyl (C=O) groups excluding carboxylic acids is 2. The van der Waals surface area contributed by atoms with Gasteiger partial charge in [-0.1, -0.05) is 54.3 Å². The third kappa shape index (κ3) is 5.87. The minimum absolute atomic E-state index is 0.0105. The molecule has 2 atom stereocenters. The van der Waals surface area contributed by atoms with E-state index in [4.69, 9.17) is 9.47 Å². The molecule has 2 aliphatic heterocycles. The van der Waals surface area contributed by atoms with Crippen molar-refractivity contribution in [3.05, 3.63) is 100 Å². The van der Waals surface area contributed by atoms with Crippen LogP contribution in [0.3, 0.4) is 0 Å². The minimum atomic E-state index is -0.962. The largest absolute Gasteiger partial charge is 0.507 e. The van der Waals surface area contributed by atoms with Crippen molar-refractivity contribution in [2.45, 2.75) is 48.9 Å². The molecule has 8 nitrogen and oxygen atoms in total. The second kappa shape index (κ2) is 12.2. The smallest absolute Gasteiger partial charge is 0.301 e. The van der Waals surface area contributed by atoms with E-state index < -0.39 is 17.7 Å². The number of Topliss-reactive ketones (excluding diaryl/α,β-unsaturated/α-hetero) is 1. The molecule has 2 aliphatic rings. The summed E-state index contributed by atoms with van der Waals surface area (Å²) >= 11 is 2.56. The fourth-order valence-corrected chi connectivity index (χ4v) is 6.97. The Balaban J connectivity index is 1.39. The Bertz CT molecular complexity index is 1720. The molecule has 43 heavy (non-hydrogen) atoms. The number of aliphatic hydroxyl groups is 1. The number of benzene rings is 3. The first-order chi connectivity index (χ1) is 20.8. The second-order valence-corrected chi connectivity index (χ2v) is 12.5. The van der Waals surface area contributed by atoms with Crippen LogP contribution in [0.1, 0.15) is 48.6 Å². The summed E-state index contributed by atoms with van der Waals surface area (Å²) in [5.41, 5.74) is 2.79. The van der Waals surface area contributed by atoms with Gasteiger partial charge in [0.05, 0.1) is 18.2 Å². The van der Waals surface area contributed by atoms with Crippen molar-refractivity contribution in [2.24, 2.45) is 0 Å². The number of fused-ring (bicyclic) bond motifs is 1. The van der Waals surface area contributed by atoms with Crippen LogP contribution in [-0.2, 0) is 21.8 Å². The number of hydrogen-bond donors (Lipinski definition) is 1.